The van der Waals surface area contributed by atoms with Crippen LogP contribution in [0.5, 0.6) is 0 Å². The topological polar surface area (TPSA) is 21.3 Å². The predicted molar refractivity (Wildman–Crippen MR) is 54.6 cm³/mol. The fourth-order valence-electron chi connectivity index (χ4n) is 1.36. The van der Waals surface area contributed by atoms with E-state index in [-0.39, 0.29) is 6.42 Å². The van der Waals surface area contributed by atoms with Crippen LogP contribution >= 0.6 is 0 Å². The second-order valence-electron chi connectivity index (χ2n) is 3.59. The van der Waals surface area contributed by atoms with Gasteiger partial charge >= 0.3 is 0 Å². The molecule has 0 aliphatic heterocycles. The fourth-order valence-corrected chi connectivity index (χ4v) is 1.36. The van der Waals surface area contributed by atoms with Crippen molar-refractivity contribution in [3.05, 3.63) is 35.4 Å². The zero-order chi connectivity index (χ0) is 11.3. The second-order valence-corrected chi connectivity index (χ2v) is 3.59. The first kappa shape index (κ1) is 12.1. The highest BCUT2D eigenvalue weighted by atomic mass is 19.3. The summed E-state index contributed by atoms with van der Waals surface area (Å²) in [4.78, 5) is 4.69. The number of nitrogens with one attached hydrogen (secondary N) is 1. The van der Waals surface area contributed by atoms with Gasteiger partial charge in [-0.2, -0.15) is 5.48 Å². The van der Waals surface area contributed by atoms with Crippen molar-refractivity contribution in [2.45, 2.75) is 25.8 Å². The molecule has 0 heterocycles. The minimum atomic E-state index is -2.66. The van der Waals surface area contributed by atoms with Crippen molar-refractivity contribution in [2.24, 2.45) is 0 Å². The Bertz CT molecular complexity index is 310. The van der Waals surface area contributed by atoms with Crippen LogP contribution in [-0.4, -0.2) is 13.0 Å². The maximum Gasteiger partial charge on any atom is 0.249 e. The van der Waals surface area contributed by atoms with Crippen LogP contribution in [0.4, 0.5) is 8.78 Å². The van der Waals surface area contributed by atoms with Crippen molar-refractivity contribution < 1.29 is 13.6 Å². The van der Waals surface area contributed by atoms with Gasteiger partial charge in [-0.15, -0.1) is 0 Å². The molecule has 0 saturated heterocycles. The van der Waals surface area contributed by atoms with Crippen LogP contribution < -0.4 is 5.48 Å². The molecule has 15 heavy (non-hydrogen) atoms. The van der Waals surface area contributed by atoms with Crippen molar-refractivity contribution in [1.82, 2.24) is 5.48 Å². The van der Waals surface area contributed by atoms with E-state index in [4.69, 9.17) is 0 Å². The third-order valence-corrected chi connectivity index (χ3v) is 1.93. The van der Waals surface area contributed by atoms with Gasteiger partial charge in [-0.3, -0.25) is 0 Å². The molecule has 84 valence electrons. The van der Waals surface area contributed by atoms with Gasteiger partial charge < -0.3 is 4.84 Å². The second kappa shape index (κ2) is 5.19. The van der Waals surface area contributed by atoms with Gasteiger partial charge in [0.15, 0.2) is 0 Å². The summed E-state index contributed by atoms with van der Waals surface area (Å²) in [5.74, 6) is -2.66. The minimum Gasteiger partial charge on any atom is -0.305 e. The van der Waals surface area contributed by atoms with Crippen LogP contribution in [0, 0.1) is 0 Å². The lowest BCUT2D eigenvalue weighted by Gasteiger charge is -2.11. The average Bonchev–Trinajstić information content (AvgIpc) is 2.12. The molecule has 0 radical (unpaired) electrons. The molecular weight excluding hydrogens is 200 g/mol. The molecule has 1 aromatic rings. The molecular formula is C11H15F2NO. The number of hydrogen-bond donors (Lipinski definition) is 1. The Balaban J connectivity index is 2.66. The molecule has 1 rings (SSSR count). The van der Waals surface area contributed by atoms with Gasteiger partial charge in [0.1, 0.15) is 0 Å². The first-order valence-corrected chi connectivity index (χ1v) is 4.73. The third kappa shape index (κ3) is 4.85. The largest absolute Gasteiger partial charge is 0.305 e. The predicted octanol–water partition coefficient (Wildman–Crippen LogP) is 2.54. The van der Waals surface area contributed by atoms with Crippen LogP contribution in [0.25, 0.3) is 0 Å². The van der Waals surface area contributed by atoms with Gasteiger partial charge in [0.05, 0.1) is 7.11 Å². The van der Waals surface area contributed by atoms with E-state index in [2.05, 4.69) is 10.3 Å². The van der Waals surface area contributed by atoms with Gasteiger partial charge in [-0.25, -0.2) is 8.78 Å². The number of benzene rings is 1. The van der Waals surface area contributed by atoms with Gasteiger partial charge in [-0.1, -0.05) is 24.3 Å². The quantitative estimate of drug-likeness (QED) is 0.762. The SMILES string of the molecule is CONCc1cccc(CC(C)(F)F)c1. The lowest BCUT2D eigenvalue weighted by molar-refractivity contribution is 0.0226. The van der Waals surface area contributed by atoms with Crippen molar-refractivity contribution >= 4 is 0 Å². The number of hydroxylamine groups is 1. The molecule has 0 spiro atoms. The van der Waals surface area contributed by atoms with Crippen molar-refractivity contribution in [3.8, 4) is 0 Å². The van der Waals surface area contributed by atoms with Gasteiger partial charge in [0.25, 0.3) is 0 Å². The summed E-state index contributed by atoms with van der Waals surface area (Å²) in [6.07, 6.45) is -0.228. The summed E-state index contributed by atoms with van der Waals surface area (Å²) in [6.45, 7) is 1.44. The molecule has 0 unspecified atom stereocenters. The molecule has 0 aromatic heterocycles. The monoisotopic (exact) mass is 215 g/mol. The molecule has 1 N–H and O–H groups in total. The van der Waals surface area contributed by atoms with E-state index >= 15 is 0 Å². The van der Waals surface area contributed by atoms with Crippen LogP contribution in [0.2, 0.25) is 0 Å². The molecule has 0 amide bonds. The van der Waals surface area contributed by atoms with Crippen LogP contribution in [0.15, 0.2) is 24.3 Å². The van der Waals surface area contributed by atoms with Crippen molar-refractivity contribution in [1.29, 1.82) is 0 Å². The minimum absolute atomic E-state index is 0.228. The number of halogens is 2. The molecule has 2 nitrogen and oxygen atoms in total. The maximum atomic E-state index is 12.8. The molecule has 4 heteroatoms. The first-order valence-electron chi connectivity index (χ1n) is 4.73. The van der Waals surface area contributed by atoms with Gasteiger partial charge in [0.2, 0.25) is 5.92 Å². The highest BCUT2D eigenvalue weighted by molar-refractivity contribution is 5.24. The lowest BCUT2D eigenvalue weighted by atomic mass is 10.1. The van der Waals surface area contributed by atoms with E-state index in [1.807, 2.05) is 6.07 Å². The average molecular weight is 215 g/mol. The molecule has 0 saturated carbocycles. The highest BCUT2D eigenvalue weighted by Crippen LogP contribution is 2.19. The van der Waals surface area contributed by atoms with Crippen LogP contribution in [-0.2, 0) is 17.8 Å². The van der Waals surface area contributed by atoms with E-state index in [1.165, 1.54) is 7.11 Å². The van der Waals surface area contributed by atoms with Crippen LogP contribution in [0.1, 0.15) is 18.1 Å². The Morgan fingerprint density at radius 2 is 2.00 bits per heavy atom. The van der Waals surface area contributed by atoms with Gasteiger partial charge in [0, 0.05) is 13.0 Å². The van der Waals surface area contributed by atoms with E-state index in [0.717, 1.165) is 12.5 Å². The van der Waals surface area contributed by atoms with E-state index in [0.29, 0.717) is 12.1 Å². The fraction of sp³-hybridized carbons (Fsp3) is 0.455. The molecule has 0 aliphatic carbocycles. The maximum absolute atomic E-state index is 12.8. The summed E-state index contributed by atoms with van der Waals surface area (Å²) < 4.78 is 25.5. The first-order chi connectivity index (χ1) is 7.01. The Labute approximate surface area is 88.2 Å². The van der Waals surface area contributed by atoms with Crippen LogP contribution in [0.3, 0.4) is 0 Å². The Hall–Kier alpha value is -1.00. The molecule has 0 aliphatic rings. The van der Waals surface area contributed by atoms with E-state index in [9.17, 15) is 8.78 Å². The van der Waals surface area contributed by atoms with E-state index in [1.54, 1.807) is 18.2 Å². The van der Waals surface area contributed by atoms with Crippen molar-refractivity contribution in [3.63, 3.8) is 0 Å². The molecule has 0 bridgehead atoms. The zero-order valence-corrected chi connectivity index (χ0v) is 8.89. The van der Waals surface area contributed by atoms with Gasteiger partial charge in [-0.05, 0) is 18.1 Å². The molecule has 1 aromatic carbocycles. The molecule has 0 fully saturated rings. The number of rotatable bonds is 5. The molecule has 0 atom stereocenters. The van der Waals surface area contributed by atoms with E-state index < -0.39 is 5.92 Å². The Kier molecular flexibility index (Phi) is 4.17. The van der Waals surface area contributed by atoms with Crippen molar-refractivity contribution in [2.75, 3.05) is 7.11 Å². The summed E-state index contributed by atoms with van der Waals surface area (Å²) >= 11 is 0. The Morgan fingerprint density at radius 1 is 1.33 bits per heavy atom. The highest BCUT2D eigenvalue weighted by Gasteiger charge is 2.21. The lowest BCUT2D eigenvalue weighted by Crippen LogP contribution is -2.14. The summed E-state index contributed by atoms with van der Waals surface area (Å²) in [6, 6.07) is 7.09. The summed E-state index contributed by atoms with van der Waals surface area (Å²) in [5, 5.41) is 0. The number of alkyl halides is 2. The zero-order valence-electron chi connectivity index (χ0n) is 8.89. The Morgan fingerprint density at radius 3 is 2.60 bits per heavy atom. The summed E-state index contributed by atoms with van der Waals surface area (Å²) in [5.41, 5.74) is 4.23. The smallest absolute Gasteiger partial charge is 0.249 e. The standard InChI is InChI=1S/C11H15F2NO/c1-11(12,13)7-9-4-3-5-10(6-9)8-14-15-2/h3-6,14H,7-8H2,1-2H3. The number of hydrogen-bond acceptors (Lipinski definition) is 2. The third-order valence-electron chi connectivity index (χ3n) is 1.93. The normalized spacial score (nSPS) is 11.7. The summed E-state index contributed by atoms with van der Waals surface area (Å²) in [7, 11) is 1.52.